The summed E-state index contributed by atoms with van der Waals surface area (Å²) in [5.41, 5.74) is -0.634. The van der Waals surface area contributed by atoms with Crippen molar-refractivity contribution in [2.45, 2.75) is 0 Å². The molecule has 2 aromatic rings. The van der Waals surface area contributed by atoms with Crippen LogP contribution in [0.4, 0.5) is 17.1 Å². The van der Waals surface area contributed by atoms with Crippen molar-refractivity contribution in [2.75, 3.05) is 12.4 Å². The minimum absolute atomic E-state index is 0.0149. The lowest BCUT2D eigenvalue weighted by Gasteiger charge is -2.08. The third kappa shape index (κ3) is 3.58. The number of anilines is 1. The van der Waals surface area contributed by atoms with Gasteiger partial charge in [-0.2, -0.15) is 0 Å². The zero-order valence-electron chi connectivity index (χ0n) is 12.2. The van der Waals surface area contributed by atoms with Crippen LogP contribution in [0.15, 0.2) is 36.4 Å². The number of carbonyl (C=O) groups is 1. The number of hydrogen-bond acceptors (Lipinski definition) is 6. The third-order valence-electron chi connectivity index (χ3n) is 3.04. The Morgan fingerprint density at radius 1 is 1.12 bits per heavy atom. The van der Waals surface area contributed by atoms with E-state index in [1.165, 1.54) is 25.3 Å². The van der Waals surface area contributed by atoms with E-state index in [4.69, 9.17) is 16.3 Å². The molecule has 0 bridgehead atoms. The van der Waals surface area contributed by atoms with Crippen molar-refractivity contribution in [3.8, 4) is 5.75 Å². The second kappa shape index (κ2) is 6.92. The summed E-state index contributed by atoms with van der Waals surface area (Å²) in [6.07, 6.45) is 0. The number of halogens is 1. The number of nitro benzene ring substituents is 2. The normalized spacial score (nSPS) is 10.1. The van der Waals surface area contributed by atoms with Crippen LogP contribution >= 0.6 is 11.6 Å². The SMILES string of the molecule is COc1ccc(NC(=O)c2cc([N+](=O)[O-])ccc2Cl)cc1[N+](=O)[O-]. The van der Waals surface area contributed by atoms with Crippen LogP contribution in [0.3, 0.4) is 0 Å². The van der Waals surface area contributed by atoms with E-state index in [1.807, 2.05) is 0 Å². The molecule has 0 unspecified atom stereocenters. The molecule has 2 aromatic carbocycles. The third-order valence-corrected chi connectivity index (χ3v) is 3.37. The summed E-state index contributed by atoms with van der Waals surface area (Å²) in [6.45, 7) is 0. The van der Waals surface area contributed by atoms with Gasteiger partial charge < -0.3 is 10.1 Å². The van der Waals surface area contributed by atoms with E-state index in [-0.39, 0.29) is 33.4 Å². The van der Waals surface area contributed by atoms with E-state index in [2.05, 4.69) is 5.32 Å². The maximum Gasteiger partial charge on any atom is 0.312 e. The zero-order chi connectivity index (χ0) is 17.9. The van der Waals surface area contributed by atoms with E-state index in [9.17, 15) is 25.0 Å². The van der Waals surface area contributed by atoms with Gasteiger partial charge in [0.05, 0.1) is 27.5 Å². The van der Waals surface area contributed by atoms with E-state index in [0.717, 1.165) is 18.2 Å². The van der Waals surface area contributed by atoms with Crippen molar-refractivity contribution in [3.05, 3.63) is 67.2 Å². The van der Waals surface area contributed by atoms with Gasteiger partial charge in [-0.05, 0) is 18.2 Å². The van der Waals surface area contributed by atoms with Crippen molar-refractivity contribution in [1.29, 1.82) is 0 Å². The first kappa shape index (κ1) is 17.2. The fourth-order valence-electron chi connectivity index (χ4n) is 1.91. The zero-order valence-corrected chi connectivity index (χ0v) is 12.9. The molecule has 0 saturated heterocycles. The quantitative estimate of drug-likeness (QED) is 0.650. The van der Waals surface area contributed by atoms with Crippen LogP contribution in [-0.2, 0) is 0 Å². The van der Waals surface area contributed by atoms with Gasteiger partial charge in [0.2, 0.25) is 0 Å². The van der Waals surface area contributed by atoms with E-state index < -0.39 is 15.8 Å². The molecule has 124 valence electrons. The Hall–Kier alpha value is -3.20. The van der Waals surface area contributed by atoms with Crippen LogP contribution in [0.1, 0.15) is 10.4 Å². The number of benzene rings is 2. The number of ether oxygens (including phenoxy) is 1. The molecule has 9 nitrogen and oxygen atoms in total. The molecule has 2 rings (SSSR count). The average Bonchev–Trinajstić information content (AvgIpc) is 2.54. The summed E-state index contributed by atoms with van der Waals surface area (Å²) in [5.74, 6) is -0.699. The molecule has 0 fully saturated rings. The van der Waals surface area contributed by atoms with Crippen LogP contribution in [0.2, 0.25) is 5.02 Å². The number of nitrogens with zero attached hydrogens (tertiary/aromatic N) is 2. The van der Waals surface area contributed by atoms with Crippen molar-refractivity contribution >= 4 is 34.6 Å². The first-order valence-corrected chi connectivity index (χ1v) is 6.79. The van der Waals surface area contributed by atoms with Crippen LogP contribution in [0.5, 0.6) is 5.75 Å². The maximum atomic E-state index is 12.2. The number of non-ortho nitro benzene ring substituents is 1. The molecule has 1 N–H and O–H groups in total. The fourth-order valence-corrected chi connectivity index (χ4v) is 2.11. The Labute approximate surface area is 140 Å². The number of rotatable bonds is 5. The average molecular weight is 352 g/mol. The second-order valence-electron chi connectivity index (χ2n) is 4.52. The predicted molar refractivity (Wildman–Crippen MR) is 85.7 cm³/mol. The van der Waals surface area contributed by atoms with E-state index in [1.54, 1.807) is 0 Å². The Morgan fingerprint density at radius 3 is 2.42 bits per heavy atom. The molecule has 0 aliphatic rings. The van der Waals surface area contributed by atoms with Gasteiger partial charge in [-0.3, -0.25) is 25.0 Å². The van der Waals surface area contributed by atoms with Crippen LogP contribution in [0.25, 0.3) is 0 Å². The smallest absolute Gasteiger partial charge is 0.312 e. The molecular formula is C14H10ClN3O6. The predicted octanol–water partition coefficient (Wildman–Crippen LogP) is 3.42. The number of nitrogens with one attached hydrogen (secondary N) is 1. The van der Waals surface area contributed by atoms with Gasteiger partial charge in [0.1, 0.15) is 0 Å². The van der Waals surface area contributed by atoms with Gasteiger partial charge in [-0.15, -0.1) is 0 Å². The maximum absolute atomic E-state index is 12.2. The summed E-state index contributed by atoms with van der Waals surface area (Å²) < 4.78 is 4.86. The molecule has 0 saturated carbocycles. The minimum atomic E-state index is -0.733. The lowest BCUT2D eigenvalue weighted by molar-refractivity contribution is -0.385. The van der Waals surface area contributed by atoms with Crippen molar-refractivity contribution < 1.29 is 19.4 Å². The molecule has 0 spiro atoms. The molecule has 24 heavy (non-hydrogen) atoms. The van der Waals surface area contributed by atoms with Gasteiger partial charge in [0, 0.05) is 23.9 Å². The fraction of sp³-hybridized carbons (Fsp3) is 0.0714. The molecule has 10 heteroatoms. The van der Waals surface area contributed by atoms with Gasteiger partial charge in [0.15, 0.2) is 5.75 Å². The molecule has 0 aliphatic heterocycles. The number of nitro groups is 2. The molecule has 0 radical (unpaired) electrons. The first-order chi connectivity index (χ1) is 11.3. The summed E-state index contributed by atoms with van der Waals surface area (Å²) in [7, 11) is 1.28. The number of carbonyl (C=O) groups excluding carboxylic acids is 1. The first-order valence-electron chi connectivity index (χ1n) is 6.41. The highest BCUT2D eigenvalue weighted by Crippen LogP contribution is 2.30. The molecule has 1 amide bonds. The highest BCUT2D eigenvalue weighted by molar-refractivity contribution is 6.34. The summed E-state index contributed by atoms with van der Waals surface area (Å²) in [6, 6.07) is 7.25. The summed E-state index contributed by atoms with van der Waals surface area (Å²) in [5, 5.41) is 24.2. The summed E-state index contributed by atoms with van der Waals surface area (Å²) in [4.78, 5) is 32.7. The van der Waals surface area contributed by atoms with Crippen LogP contribution in [0, 0.1) is 20.2 Å². The van der Waals surface area contributed by atoms with Gasteiger partial charge in [-0.25, -0.2) is 0 Å². The lowest BCUT2D eigenvalue weighted by atomic mass is 10.1. The molecule has 0 aromatic heterocycles. The monoisotopic (exact) mass is 351 g/mol. The van der Waals surface area contributed by atoms with Gasteiger partial charge >= 0.3 is 5.69 Å². The largest absolute Gasteiger partial charge is 0.490 e. The van der Waals surface area contributed by atoms with Crippen molar-refractivity contribution in [3.63, 3.8) is 0 Å². The topological polar surface area (TPSA) is 125 Å². The van der Waals surface area contributed by atoms with Crippen LogP contribution in [-0.4, -0.2) is 22.9 Å². The Bertz CT molecular complexity index is 839. The molecule has 0 aliphatic carbocycles. The van der Waals surface area contributed by atoms with Crippen molar-refractivity contribution in [2.24, 2.45) is 0 Å². The molecule has 0 heterocycles. The number of hydrogen-bond donors (Lipinski definition) is 1. The van der Waals surface area contributed by atoms with E-state index >= 15 is 0 Å². The second-order valence-corrected chi connectivity index (χ2v) is 4.93. The van der Waals surface area contributed by atoms with E-state index in [0.29, 0.717) is 0 Å². The standard InChI is InChI=1S/C14H10ClN3O6/c1-24-13-5-2-8(6-12(13)18(22)23)16-14(19)10-7-9(17(20)21)3-4-11(10)15/h2-7H,1H3,(H,16,19). The van der Waals surface area contributed by atoms with Gasteiger partial charge in [0.25, 0.3) is 11.6 Å². The molecular weight excluding hydrogens is 342 g/mol. The van der Waals surface area contributed by atoms with Gasteiger partial charge in [-0.1, -0.05) is 11.6 Å². The summed E-state index contributed by atoms with van der Waals surface area (Å²) >= 11 is 5.88. The number of methoxy groups -OCH3 is 1. The van der Waals surface area contributed by atoms with Crippen LogP contribution < -0.4 is 10.1 Å². The Balaban J connectivity index is 2.33. The lowest BCUT2D eigenvalue weighted by Crippen LogP contribution is -2.13. The molecule has 0 atom stereocenters. The highest BCUT2D eigenvalue weighted by Gasteiger charge is 2.19. The number of amides is 1. The Morgan fingerprint density at radius 2 is 1.83 bits per heavy atom. The Kier molecular flexibility index (Phi) is 4.95. The highest BCUT2D eigenvalue weighted by atomic mass is 35.5. The minimum Gasteiger partial charge on any atom is -0.490 e. The van der Waals surface area contributed by atoms with Crippen molar-refractivity contribution in [1.82, 2.24) is 0 Å².